The van der Waals surface area contributed by atoms with Gasteiger partial charge in [0.15, 0.2) is 5.78 Å². The van der Waals surface area contributed by atoms with Crippen molar-refractivity contribution in [3.63, 3.8) is 0 Å². The zero-order valence-electron chi connectivity index (χ0n) is 12.6. The van der Waals surface area contributed by atoms with Gasteiger partial charge in [-0.25, -0.2) is 0 Å². The van der Waals surface area contributed by atoms with Crippen LogP contribution in [0.5, 0.6) is 0 Å². The van der Waals surface area contributed by atoms with Crippen molar-refractivity contribution in [1.29, 1.82) is 5.26 Å². The number of allylic oxidation sites excluding steroid dienone is 4. The van der Waals surface area contributed by atoms with Gasteiger partial charge in [-0.1, -0.05) is 12.1 Å². The van der Waals surface area contributed by atoms with Crippen LogP contribution in [0.1, 0.15) is 37.7 Å². The number of non-ortho nitro benzene ring substituents is 1. The second kappa shape index (κ2) is 5.69. The first kappa shape index (κ1) is 15.0. The maximum Gasteiger partial charge on any atom is 0.269 e. The Labute approximate surface area is 133 Å². The van der Waals surface area contributed by atoms with Gasteiger partial charge in [-0.05, 0) is 25.3 Å². The highest BCUT2D eigenvalue weighted by Crippen LogP contribution is 2.42. The molecule has 0 spiro atoms. The lowest BCUT2D eigenvalue weighted by Gasteiger charge is -2.32. The third kappa shape index (κ3) is 2.50. The predicted molar refractivity (Wildman–Crippen MR) is 83.2 cm³/mol. The van der Waals surface area contributed by atoms with Crippen LogP contribution in [-0.2, 0) is 4.79 Å². The van der Waals surface area contributed by atoms with E-state index in [1.807, 2.05) is 0 Å². The summed E-state index contributed by atoms with van der Waals surface area (Å²) >= 11 is 0. The maximum absolute atomic E-state index is 12.4. The molecular formula is C17H15N3O3. The van der Waals surface area contributed by atoms with E-state index in [0.717, 1.165) is 18.5 Å². The number of hydrogen-bond acceptors (Lipinski definition) is 5. The molecule has 0 saturated heterocycles. The number of nitro benzene ring substituents is 1. The second-order valence-electron chi connectivity index (χ2n) is 5.73. The van der Waals surface area contributed by atoms with E-state index in [4.69, 9.17) is 0 Å². The van der Waals surface area contributed by atoms with Crippen molar-refractivity contribution in [2.45, 2.75) is 32.1 Å². The monoisotopic (exact) mass is 309 g/mol. The summed E-state index contributed by atoms with van der Waals surface area (Å²) in [7, 11) is 0. The lowest BCUT2D eigenvalue weighted by Crippen LogP contribution is -2.31. The lowest BCUT2D eigenvalue weighted by atomic mass is 9.75. The van der Waals surface area contributed by atoms with Crippen LogP contribution in [0.3, 0.4) is 0 Å². The van der Waals surface area contributed by atoms with E-state index in [-0.39, 0.29) is 11.5 Å². The second-order valence-corrected chi connectivity index (χ2v) is 5.73. The van der Waals surface area contributed by atoms with Crippen LogP contribution in [0.15, 0.2) is 46.8 Å². The average Bonchev–Trinajstić information content (AvgIpc) is 2.54. The van der Waals surface area contributed by atoms with E-state index in [0.29, 0.717) is 28.8 Å². The Hall–Kier alpha value is -2.94. The van der Waals surface area contributed by atoms with Crippen molar-refractivity contribution in [2.75, 3.05) is 0 Å². The third-order valence-corrected chi connectivity index (χ3v) is 4.31. The molecule has 6 heteroatoms. The van der Waals surface area contributed by atoms with Gasteiger partial charge in [-0.2, -0.15) is 5.26 Å². The van der Waals surface area contributed by atoms with Gasteiger partial charge in [0.2, 0.25) is 0 Å². The minimum Gasteiger partial charge on any atom is -0.361 e. The summed E-state index contributed by atoms with van der Waals surface area (Å²) in [5.74, 6) is -0.514. The molecule has 0 fully saturated rings. The van der Waals surface area contributed by atoms with E-state index in [1.54, 1.807) is 19.1 Å². The molecule has 23 heavy (non-hydrogen) atoms. The highest BCUT2D eigenvalue weighted by Gasteiger charge is 2.36. The smallest absolute Gasteiger partial charge is 0.269 e. The molecule has 1 aliphatic carbocycles. The quantitative estimate of drug-likeness (QED) is 0.669. The molecule has 1 heterocycles. The number of rotatable bonds is 2. The number of Topliss-reactive ketones (excluding diaryl/α,β-unsaturated/α-hetero) is 1. The van der Waals surface area contributed by atoms with Crippen molar-refractivity contribution >= 4 is 11.5 Å². The van der Waals surface area contributed by atoms with Gasteiger partial charge in [0.05, 0.1) is 22.5 Å². The van der Waals surface area contributed by atoms with Crippen molar-refractivity contribution in [1.82, 2.24) is 5.32 Å². The number of nitrogens with zero attached hydrogens (tertiary/aromatic N) is 2. The highest BCUT2D eigenvalue weighted by atomic mass is 16.6. The SMILES string of the molecule is CC1=C(C#N)C(c2cccc([N+](=O)[O-])c2)C2=C(CCCC2=O)N1. The van der Waals surface area contributed by atoms with E-state index >= 15 is 0 Å². The molecule has 1 atom stereocenters. The van der Waals surface area contributed by atoms with E-state index in [9.17, 15) is 20.2 Å². The number of nitriles is 1. The highest BCUT2D eigenvalue weighted by molar-refractivity contribution is 5.99. The number of dihydropyridines is 1. The summed E-state index contributed by atoms with van der Waals surface area (Å²) < 4.78 is 0. The summed E-state index contributed by atoms with van der Waals surface area (Å²) in [5, 5.41) is 23.7. The van der Waals surface area contributed by atoms with Crippen molar-refractivity contribution in [2.24, 2.45) is 0 Å². The fourth-order valence-corrected chi connectivity index (χ4v) is 3.28. The fourth-order valence-electron chi connectivity index (χ4n) is 3.28. The normalized spacial score (nSPS) is 20.7. The first-order valence-electron chi connectivity index (χ1n) is 7.41. The Balaban J connectivity index is 2.19. The lowest BCUT2D eigenvalue weighted by molar-refractivity contribution is -0.384. The molecule has 116 valence electrons. The van der Waals surface area contributed by atoms with Crippen LogP contribution in [0.2, 0.25) is 0 Å². The maximum atomic E-state index is 12.4. The third-order valence-electron chi connectivity index (χ3n) is 4.31. The Morgan fingerprint density at radius 2 is 2.17 bits per heavy atom. The molecule has 1 aliphatic heterocycles. The van der Waals surface area contributed by atoms with Gasteiger partial charge >= 0.3 is 0 Å². The summed E-state index contributed by atoms with van der Waals surface area (Å²) in [6, 6.07) is 8.35. The molecule has 6 nitrogen and oxygen atoms in total. The number of carbonyl (C=O) groups excluding carboxylic acids is 1. The Morgan fingerprint density at radius 3 is 2.87 bits per heavy atom. The zero-order chi connectivity index (χ0) is 16.6. The van der Waals surface area contributed by atoms with E-state index in [1.165, 1.54) is 12.1 Å². The molecule has 3 rings (SSSR count). The minimum absolute atomic E-state index is 0.00973. The number of nitro groups is 1. The van der Waals surface area contributed by atoms with Crippen molar-refractivity contribution in [3.8, 4) is 6.07 Å². The molecule has 2 aliphatic rings. The first-order chi connectivity index (χ1) is 11.0. The predicted octanol–water partition coefficient (Wildman–Crippen LogP) is 3.09. The summed E-state index contributed by atoms with van der Waals surface area (Å²) in [4.78, 5) is 23.0. The first-order valence-corrected chi connectivity index (χ1v) is 7.41. The topological polar surface area (TPSA) is 96.0 Å². The number of nitrogens with one attached hydrogen (secondary N) is 1. The van der Waals surface area contributed by atoms with Crippen LogP contribution in [0, 0.1) is 21.4 Å². The van der Waals surface area contributed by atoms with E-state index < -0.39 is 10.8 Å². The van der Waals surface area contributed by atoms with Gasteiger partial charge in [0, 0.05) is 35.5 Å². The summed E-state index contributed by atoms with van der Waals surface area (Å²) in [6.45, 7) is 1.80. The Bertz CT molecular complexity index is 815. The average molecular weight is 309 g/mol. The van der Waals surface area contributed by atoms with E-state index in [2.05, 4.69) is 11.4 Å². The zero-order valence-corrected chi connectivity index (χ0v) is 12.6. The van der Waals surface area contributed by atoms with Crippen LogP contribution in [0.4, 0.5) is 5.69 Å². The molecule has 0 bridgehead atoms. The molecule has 1 N–H and O–H groups in total. The van der Waals surface area contributed by atoms with Gasteiger partial charge in [-0.15, -0.1) is 0 Å². The molecule has 0 radical (unpaired) electrons. The molecule has 1 aromatic carbocycles. The molecule has 1 aromatic rings. The molecule has 1 unspecified atom stereocenters. The number of benzene rings is 1. The number of hydrogen-bond donors (Lipinski definition) is 1. The van der Waals surface area contributed by atoms with Gasteiger partial charge in [0.1, 0.15) is 0 Å². The van der Waals surface area contributed by atoms with Crippen molar-refractivity contribution < 1.29 is 9.72 Å². The van der Waals surface area contributed by atoms with Crippen molar-refractivity contribution in [3.05, 3.63) is 62.5 Å². The fraction of sp³-hybridized carbons (Fsp3) is 0.294. The number of carbonyl (C=O) groups is 1. The molecular weight excluding hydrogens is 294 g/mol. The van der Waals surface area contributed by atoms with Gasteiger partial charge < -0.3 is 5.32 Å². The molecule has 0 amide bonds. The summed E-state index contributed by atoms with van der Waals surface area (Å²) in [5.41, 5.74) is 3.14. The van der Waals surface area contributed by atoms with Crippen LogP contribution in [-0.4, -0.2) is 10.7 Å². The van der Waals surface area contributed by atoms with Crippen LogP contribution in [0.25, 0.3) is 0 Å². The molecule has 0 saturated carbocycles. The van der Waals surface area contributed by atoms with Gasteiger partial charge in [-0.3, -0.25) is 14.9 Å². The minimum atomic E-state index is -0.524. The standard InChI is InChI=1S/C17H15N3O3/c1-10-13(9-18)16(11-4-2-5-12(8-11)20(22)23)17-14(19-10)6-3-7-15(17)21/h2,4-5,8,16,19H,3,6-7H2,1H3. The summed E-state index contributed by atoms with van der Waals surface area (Å²) in [6.07, 6.45) is 1.98. The largest absolute Gasteiger partial charge is 0.361 e. The molecule has 0 aromatic heterocycles. The van der Waals surface area contributed by atoms with Crippen LogP contribution < -0.4 is 5.32 Å². The Kier molecular flexibility index (Phi) is 3.70. The van der Waals surface area contributed by atoms with Gasteiger partial charge in [0.25, 0.3) is 5.69 Å². The van der Waals surface area contributed by atoms with Crippen LogP contribution >= 0.6 is 0 Å². The Morgan fingerprint density at radius 1 is 1.39 bits per heavy atom. The number of ketones is 1.